The molecule has 2 aliphatic rings. The molecule has 1 aliphatic carbocycles. The Kier molecular flexibility index (Phi) is 1.67. The van der Waals surface area contributed by atoms with Crippen molar-refractivity contribution in [1.29, 1.82) is 0 Å². The molecule has 1 saturated heterocycles. The summed E-state index contributed by atoms with van der Waals surface area (Å²) in [5, 5.41) is 19.2. The number of aliphatic hydroxyl groups is 2. The average molecular weight is 158 g/mol. The van der Waals surface area contributed by atoms with Gasteiger partial charge in [0.05, 0.1) is 17.8 Å². The molecule has 3 heteroatoms. The lowest BCUT2D eigenvalue weighted by Crippen LogP contribution is -2.44. The van der Waals surface area contributed by atoms with E-state index in [-0.39, 0.29) is 12.2 Å². The maximum Gasteiger partial charge on any atom is 0.0932 e. The van der Waals surface area contributed by atoms with Crippen LogP contribution in [0.1, 0.15) is 25.7 Å². The minimum atomic E-state index is -0.612. The van der Waals surface area contributed by atoms with Crippen molar-refractivity contribution in [1.82, 2.24) is 0 Å². The van der Waals surface area contributed by atoms with Crippen LogP contribution in [0, 0.1) is 0 Å². The summed E-state index contributed by atoms with van der Waals surface area (Å²) in [7, 11) is 0. The highest BCUT2D eigenvalue weighted by Crippen LogP contribution is 2.37. The number of hydrogen-bond acceptors (Lipinski definition) is 3. The minimum Gasteiger partial charge on any atom is -0.393 e. The zero-order valence-corrected chi connectivity index (χ0v) is 6.49. The molecular weight excluding hydrogens is 144 g/mol. The van der Waals surface area contributed by atoms with Gasteiger partial charge >= 0.3 is 0 Å². The molecule has 3 nitrogen and oxygen atoms in total. The van der Waals surface area contributed by atoms with E-state index in [9.17, 15) is 10.2 Å². The molecule has 0 radical (unpaired) electrons. The van der Waals surface area contributed by atoms with Crippen LogP contribution in [0.15, 0.2) is 0 Å². The van der Waals surface area contributed by atoms with Crippen molar-refractivity contribution in [2.45, 2.75) is 43.5 Å². The molecule has 0 unspecified atom stereocenters. The normalized spacial score (nSPS) is 50.7. The number of hydrogen-bond donors (Lipinski definition) is 2. The maximum absolute atomic E-state index is 9.89. The highest BCUT2D eigenvalue weighted by molar-refractivity contribution is 4.97. The fourth-order valence-corrected chi connectivity index (χ4v) is 2.05. The van der Waals surface area contributed by atoms with Crippen molar-refractivity contribution < 1.29 is 14.9 Å². The van der Waals surface area contributed by atoms with Crippen molar-refractivity contribution in [3.8, 4) is 0 Å². The van der Waals surface area contributed by atoms with Gasteiger partial charge < -0.3 is 14.9 Å². The number of fused-ring (bicyclic) bond motifs is 1. The number of ether oxygens (including phenoxy) is 1. The molecule has 0 aromatic rings. The van der Waals surface area contributed by atoms with Crippen LogP contribution < -0.4 is 0 Å². The van der Waals surface area contributed by atoms with E-state index in [1.54, 1.807) is 0 Å². The number of aliphatic hydroxyl groups excluding tert-OH is 1. The van der Waals surface area contributed by atoms with E-state index in [1.165, 1.54) is 0 Å². The second-order valence-corrected chi connectivity index (χ2v) is 3.64. The van der Waals surface area contributed by atoms with Crippen LogP contribution in [0.3, 0.4) is 0 Å². The molecule has 2 fully saturated rings. The second kappa shape index (κ2) is 2.44. The number of rotatable bonds is 0. The first-order valence-corrected chi connectivity index (χ1v) is 4.23. The Morgan fingerprint density at radius 2 is 2.18 bits per heavy atom. The quantitative estimate of drug-likeness (QED) is 0.523. The van der Waals surface area contributed by atoms with Crippen LogP contribution in [0.25, 0.3) is 0 Å². The monoisotopic (exact) mass is 158 g/mol. The molecule has 2 N–H and O–H groups in total. The highest BCUT2D eigenvalue weighted by atomic mass is 16.5. The van der Waals surface area contributed by atoms with E-state index in [0.29, 0.717) is 19.4 Å². The Hall–Kier alpha value is -0.120. The van der Waals surface area contributed by atoms with Gasteiger partial charge in [0.1, 0.15) is 0 Å². The SMILES string of the molecule is O[C@@H]1CC[C@@]2(O)CCO[C@H]2C1. The lowest BCUT2D eigenvalue weighted by molar-refractivity contribution is -0.0935. The Morgan fingerprint density at radius 1 is 1.36 bits per heavy atom. The Morgan fingerprint density at radius 3 is 3.00 bits per heavy atom. The third kappa shape index (κ3) is 1.17. The standard InChI is InChI=1S/C8H14O3/c9-6-1-2-8(10)3-4-11-7(8)5-6/h6-7,9-10H,1-5H2/t6-,7+,8-/m1/s1. The van der Waals surface area contributed by atoms with E-state index in [0.717, 1.165) is 12.8 Å². The topological polar surface area (TPSA) is 49.7 Å². The molecule has 1 heterocycles. The summed E-state index contributed by atoms with van der Waals surface area (Å²) < 4.78 is 5.32. The third-order valence-corrected chi connectivity index (χ3v) is 2.85. The van der Waals surface area contributed by atoms with Crippen LogP contribution in [0.4, 0.5) is 0 Å². The smallest absolute Gasteiger partial charge is 0.0932 e. The Labute approximate surface area is 66.0 Å². The van der Waals surface area contributed by atoms with Crippen LogP contribution in [-0.4, -0.2) is 34.6 Å². The molecular formula is C8H14O3. The van der Waals surface area contributed by atoms with Gasteiger partial charge in [-0.1, -0.05) is 0 Å². The predicted molar refractivity (Wildman–Crippen MR) is 39.2 cm³/mol. The van der Waals surface area contributed by atoms with E-state index in [4.69, 9.17) is 4.74 Å². The molecule has 3 atom stereocenters. The summed E-state index contributed by atoms with van der Waals surface area (Å²) in [5.74, 6) is 0. The first kappa shape index (κ1) is 7.53. The van der Waals surface area contributed by atoms with Gasteiger partial charge in [-0.25, -0.2) is 0 Å². The van der Waals surface area contributed by atoms with Crippen molar-refractivity contribution in [3.63, 3.8) is 0 Å². The molecule has 0 aromatic carbocycles. The summed E-state index contributed by atoms with van der Waals surface area (Å²) in [6.07, 6.45) is 2.39. The molecule has 0 spiro atoms. The zero-order chi connectivity index (χ0) is 7.90. The molecule has 0 aromatic heterocycles. The Balaban J connectivity index is 2.08. The molecule has 1 saturated carbocycles. The summed E-state index contributed by atoms with van der Waals surface area (Å²) in [6, 6.07) is 0. The summed E-state index contributed by atoms with van der Waals surface area (Å²) in [6.45, 7) is 0.647. The first-order valence-electron chi connectivity index (χ1n) is 4.23. The average Bonchev–Trinajstić information content (AvgIpc) is 2.31. The van der Waals surface area contributed by atoms with E-state index < -0.39 is 5.60 Å². The summed E-state index contributed by atoms with van der Waals surface area (Å²) in [4.78, 5) is 0. The fourth-order valence-electron chi connectivity index (χ4n) is 2.05. The summed E-state index contributed by atoms with van der Waals surface area (Å²) >= 11 is 0. The van der Waals surface area contributed by atoms with Crippen LogP contribution in [-0.2, 0) is 4.74 Å². The van der Waals surface area contributed by atoms with Crippen LogP contribution in [0.5, 0.6) is 0 Å². The van der Waals surface area contributed by atoms with Crippen molar-refractivity contribution in [2.24, 2.45) is 0 Å². The molecule has 0 amide bonds. The van der Waals surface area contributed by atoms with Gasteiger partial charge in [0, 0.05) is 19.4 Å². The maximum atomic E-state index is 9.89. The van der Waals surface area contributed by atoms with Crippen molar-refractivity contribution in [2.75, 3.05) is 6.61 Å². The minimum absolute atomic E-state index is 0.105. The van der Waals surface area contributed by atoms with Crippen LogP contribution in [0.2, 0.25) is 0 Å². The van der Waals surface area contributed by atoms with Gasteiger partial charge in [-0.15, -0.1) is 0 Å². The highest BCUT2D eigenvalue weighted by Gasteiger charge is 2.46. The summed E-state index contributed by atoms with van der Waals surface area (Å²) in [5.41, 5.74) is -0.612. The van der Waals surface area contributed by atoms with Crippen molar-refractivity contribution >= 4 is 0 Å². The van der Waals surface area contributed by atoms with Crippen LogP contribution >= 0.6 is 0 Å². The Bertz CT molecular complexity index is 159. The van der Waals surface area contributed by atoms with Gasteiger partial charge in [-0.2, -0.15) is 0 Å². The second-order valence-electron chi connectivity index (χ2n) is 3.64. The zero-order valence-electron chi connectivity index (χ0n) is 6.49. The van der Waals surface area contributed by atoms with E-state index >= 15 is 0 Å². The molecule has 1 aliphatic heterocycles. The van der Waals surface area contributed by atoms with Gasteiger partial charge in [-0.05, 0) is 12.8 Å². The molecule has 0 bridgehead atoms. The van der Waals surface area contributed by atoms with Gasteiger partial charge in [0.25, 0.3) is 0 Å². The predicted octanol–water partition coefficient (Wildman–Crippen LogP) is 0.0512. The molecule has 11 heavy (non-hydrogen) atoms. The largest absolute Gasteiger partial charge is 0.393 e. The molecule has 2 rings (SSSR count). The first-order chi connectivity index (χ1) is 5.21. The van der Waals surface area contributed by atoms with E-state index in [1.807, 2.05) is 0 Å². The van der Waals surface area contributed by atoms with Gasteiger partial charge in [0.2, 0.25) is 0 Å². The van der Waals surface area contributed by atoms with E-state index in [2.05, 4.69) is 0 Å². The fraction of sp³-hybridized carbons (Fsp3) is 1.00. The van der Waals surface area contributed by atoms with Gasteiger partial charge in [0.15, 0.2) is 0 Å². The van der Waals surface area contributed by atoms with Gasteiger partial charge in [-0.3, -0.25) is 0 Å². The lowest BCUT2D eigenvalue weighted by atomic mass is 9.80. The lowest BCUT2D eigenvalue weighted by Gasteiger charge is -2.35. The van der Waals surface area contributed by atoms with Crippen molar-refractivity contribution in [3.05, 3.63) is 0 Å². The molecule has 64 valence electrons. The third-order valence-electron chi connectivity index (χ3n) is 2.85.